The quantitative estimate of drug-likeness (QED) is 0.524. The minimum absolute atomic E-state index is 0.270. The Balaban J connectivity index is 1.81. The van der Waals surface area contributed by atoms with E-state index in [1.54, 1.807) is 20.3 Å². The topological polar surface area (TPSA) is 64.8 Å². The highest BCUT2D eigenvalue weighted by Gasteiger charge is 2.16. The highest BCUT2D eigenvalue weighted by molar-refractivity contribution is 5.96. The number of hydrogen-bond donors (Lipinski definition) is 1. The summed E-state index contributed by atoms with van der Waals surface area (Å²) in [6, 6.07) is 17.2. The number of aryl methyl sites for hydroxylation is 1. The van der Waals surface area contributed by atoms with Crippen LogP contribution in [0.5, 0.6) is 11.5 Å². The fourth-order valence-corrected chi connectivity index (χ4v) is 3.20. The fourth-order valence-electron chi connectivity index (χ4n) is 3.20. The second-order valence-corrected chi connectivity index (χ2v) is 6.24. The summed E-state index contributed by atoms with van der Waals surface area (Å²) in [5.74, 6) is 0.892. The summed E-state index contributed by atoms with van der Waals surface area (Å²) in [5.41, 5.74) is 6.73. The minimum atomic E-state index is -0.270. The molecule has 1 heterocycles. The van der Waals surface area contributed by atoms with Crippen molar-refractivity contribution in [3.05, 3.63) is 77.1 Å². The van der Waals surface area contributed by atoms with Crippen LogP contribution >= 0.6 is 0 Å². The minimum Gasteiger partial charge on any atom is -0.493 e. The fraction of sp³-hybridized carbons (Fsp3) is 0.182. The SMILES string of the molecule is COc1cccc(/C=N\NC(=O)c2cc(C)n(-c3ccccc3)c2C)c1OC. The third kappa shape index (κ3) is 3.76. The highest BCUT2D eigenvalue weighted by atomic mass is 16.5. The maximum Gasteiger partial charge on any atom is 0.273 e. The number of carbonyl (C=O) groups excluding carboxylic acids is 1. The summed E-state index contributed by atoms with van der Waals surface area (Å²) in [6.07, 6.45) is 1.54. The first-order chi connectivity index (χ1) is 13.6. The zero-order valence-electron chi connectivity index (χ0n) is 16.4. The van der Waals surface area contributed by atoms with Crippen LogP contribution < -0.4 is 14.9 Å². The third-order valence-corrected chi connectivity index (χ3v) is 4.49. The van der Waals surface area contributed by atoms with Gasteiger partial charge in [0.05, 0.1) is 26.0 Å². The van der Waals surface area contributed by atoms with Crippen LogP contribution in [0.3, 0.4) is 0 Å². The van der Waals surface area contributed by atoms with Gasteiger partial charge in [0.15, 0.2) is 11.5 Å². The molecular formula is C22H23N3O3. The van der Waals surface area contributed by atoms with Crippen molar-refractivity contribution in [1.82, 2.24) is 9.99 Å². The van der Waals surface area contributed by atoms with E-state index >= 15 is 0 Å². The molecule has 1 amide bonds. The molecule has 2 aromatic carbocycles. The molecule has 0 aliphatic rings. The van der Waals surface area contributed by atoms with Crippen LogP contribution in [-0.4, -0.2) is 30.9 Å². The lowest BCUT2D eigenvalue weighted by Crippen LogP contribution is -2.18. The predicted octanol–water partition coefficient (Wildman–Crippen LogP) is 3.88. The average Bonchev–Trinajstić information content (AvgIpc) is 3.02. The molecule has 0 unspecified atom stereocenters. The van der Waals surface area contributed by atoms with E-state index in [9.17, 15) is 4.79 Å². The van der Waals surface area contributed by atoms with Crippen LogP contribution in [0, 0.1) is 13.8 Å². The number of benzene rings is 2. The summed E-state index contributed by atoms with van der Waals surface area (Å²) in [4.78, 5) is 12.6. The molecule has 0 atom stereocenters. The Morgan fingerprint density at radius 2 is 1.79 bits per heavy atom. The second kappa shape index (κ2) is 8.43. The van der Waals surface area contributed by atoms with Crippen molar-refractivity contribution in [1.29, 1.82) is 0 Å². The van der Waals surface area contributed by atoms with Gasteiger partial charge in [-0.3, -0.25) is 4.79 Å². The number of nitrogens with zero attached hydrogens (tertiary/aromatic N) is 2. The van der Waals surface area contributed by atoms with Crippen molar-refractivity contribution < 1.29 is 14.3 Å². The molecule has 144 valence electrons. The van der Waals surface area contributed by atoms with E-state index in [2.05, 4.69) is 10.5 Å². The van der Waals surface area contributed by atoms with Gasteiger partial charge in [-0.25, -0.2) is 5.43 Å². The molecule has 1 aromatic heterocycles. The number of rotatable bonds is 6. The number of amides is 1. The molecule has 0 spiro atoms. The van der Waals surface area contributed by atoms with Crippen LogP contribution in [0.25, 0.3) is 5.69 Å². The van der Waals surface area contributed by atoms with Gasteiger partial charge in [-0.2, -0.15) is 5.10 Å². The van der Waals surface area contributed by atoms with Crippen molar-refractivity contribution in [2.75, 3.05) is 14.2 Å². The standard InChI is InChI=1S/C22H23N3O3/c1-15-13-19(16(2)25(15)18-10-6-5-7-11-18)22(26)24-23-14-17-9-8-12-20(27-3)21(17)28-4/h5-14H,1-4H3,(H,24,26)/b23-14-. The number of para-hydroxylation sites is 2. The average molecular weight is 377 g/mol. The van der Waals surface area contributed by atoms with Crippen LogP contribution in [0.15, 0.2) is 59.7 Å². The van der Waals surface area contributed by atoms with E-state index in [4.69, 9.17) is 9.47 Å². The molecule has 28 heavy (non-hydrogen) atoms. The van der Waals surface area contributed by atoms with Crippen LogP contribution in [-0.2, 0) is 0 Å². The lowest BCUT2D eigenvalue weighted by atomic mass is 10.2. The molecule has 6 heteroatoms. The molecule has 1 N–H and O–H groups in total. The first-order valence-electron chi connectivity index (χ1n) is 8.85. The van der Waals surface area contributed by atoms with E-state index in [-0.39, 0.29) is 5.91 Å². The Morgan fingerprint density at radius 3 is 2.46 bits per heavy atom. The monoisotopic (exact) mass is 377 g/mol. The molecule has 3 aromatic rings. The zero-order valence-corrected chi connectivity index (χ0v) is 16.4. The van der Waals surface area contributed by atoms with Gasteiger partial charge in [0.2, 0.25) is 0 Å². The second-order valence-electron chi connectivity index (χ2n) is 6.24. The Hall–Kier alpha value is -3.54. The Morgan fingerprint density at radius 1 is 1.04 bits per heavy atom. The molecule has 0 aliphatic carbocycles. The predicted molar refractivity (Wildman–Crippen MR) is 110 cm³/mol. The molecule has 0 fully saturated rings. The van der Waals surface area contributed by atoms with Gasteiger partial charge >= 0.3 is 0 Å². The molecule has 0 saturated heterocycles. The first-order valence-corrected chi connectivity index (χ1v) is 8.85. The number of carbonyl (C=O) groups is 1. The summed E-state index contributed by atoms with van der Waals surface area (Å²) in [6.45, 7) is 3.89. The molecule has 0 radical (unpaired) electrons. The van der Waals surface area contributed by atoms with Crippen LogP contribution in [0.4, 0.5) is 0 Å². The number of aromatic nitrogens is 1. The van der Waals surface area contributed by atoms with Gasteiger partial charge in [-0.1, -0.05) is 24.3 Å². The smallest absolute Gasteiger partial charge is 0.273 e. The zero-order chi connectivity index (χ0) is 20.1. The van der Waals surface area contributed by atoms with Gasteiger partial charge in [-0.05, 0) is 44.2 Å². The van der Waals surface area contributed by atoms with E-state index in [1.807, 2.05) is 66.9 Å². The van der Waals surface area contributed by atoms with Gasteiger partial charge in [-0.15, -0.1) is 0 Å². The van der Waals surface area contributed by atoms with E-state index in [0.717, 1.165) is 17.1 Å². The number of hydrogen-bond acceptors (Lipinski definition) is 4. The highest BCUT2D eigenvalue weighted by Crippen LogP contribution is 2.29. The van der Waals surface area contributed by atoms with E-state index < -0.39 is 0 Å². The van der Waals surface area contributed by atoms with Crippen molar-refractivity contribution in [3.63, 3.8) is 0 Å². The summed E-state index contributed by atoms with van der Waals surface area (Å²) in [7, 11) is 3.13. The summed E-state index contributed by atoms with van der Waals surface area (Å²) < 4.78 is 12.7. The maximum atomic E-state index is 12.6. The van der Waals surface area contributed by atoms with Gasteiger partial charge < -0.3 is 14.0 Å². The molecule has 0 aliphatic heterocycles. The van der Waals surface area contributed by atoms with Gasteiger partial charge in [0.25, 0.3) is 5.91 Å². The van der Waals surface area contributed by atoms with Crippen LogP contribution in [0.1, 0.15) is 27.3 Å². The molecular weight excluding hydrogens is 354 g/mol. The largest absolute Gasteiger partial charge is 0.493 e. The van der Waals surface area contributed by atoms with Crippen molar-refractivity contribution in [3.8, 4) is 17.2 Å². The molecule has 6 nitrogen and oxygen atoms in total. The Kier molecular flexibility index (Phi) is 5.79. The van der Waals surface area contributed by atoms with E-state index in [0.29, 0.717) is 22.6 Å². The Labute approximate surface area is 164 Å². The summed E-state index contributed by atoms with van der Waals surface area (Å²) >= 11 is 0. The van der Waals surface area contributed by atoms with Crippen molar-refractivity contribution in [2.24, 2.45) is 5.10 Å². The lowest BCUT2D eigenvalue weighted by Gasteiger charge is -2.10. The molecule has 0 saturated carbocycles. The van der Waals surface area contributed by atoms with Crippen molar-refractivity contribution in [2.45, 2.75) is 13.8 Å². The van der Waals surface area contributed by atoms with Crippen molar-refractivity contribution >= 4 is 12.1 Å². The number of nitrogens with one attached hydrogen (secondary N) is 1. The lowest BCUT2D eigenvalue weighted by molar-refractivity contribution is 0.0954. The molecule has 0 bridgehead atoms. The summed E-state index contributed by atoms with van der Waals surface area (Å²) in [5, 5.41) is 4.09. The number of ether oxygens (including phenoxy) is 2. The molecule has 3 rings (SSSR count). The maximum absolute atomic E-state index is 12.6. The van der Waals surface area contributed by atoms with Crippen LogP contribution in [0.2, 0.25) is 0 Å². The van der Waals surface area contributed by atoms with E-state index in [1.165, 1.54) is 6.21 Å². The number of methoxy groups -OCH3 is 2. The number of hydrazone groups is 1. The van der Waals surface area contributed by atoms with Gasteiger partial charge in [0.1, 0.15) is 0 Å². The first kappa shape index (κ1) is 19.2. The normalized spacial score (nSPS) is 10.9. The Bertz CT molecular complexity index is 1010. The third-order valence-electron chi connectivity index (χ3n) is 4.49. The van der Waals surface area contributed by atoms with Gasteiger partial charge in [0, 0.05) is 22.6 Å².